The number of aromatic amines is 1. The summed E-state index contributed by atoms with van der Waals surface area (Å²) >= 11 is 6.37. The Morgan fingerprint density at radius 2 is 1.86 bits per heavy atom. The molecule has 9 nitrogen and oxygen atoms in total. The van der Waals surface area contributed by atoms with Gasteiger partial charge in [-0.3, -0.25) is 14.3 Å². The van der Waals surface area contributed by atoms with Crippen LogP contribution in [-0.2, 0) is 17.8 Å². The number of H-pyrrole nitrogens is 1. The zero-order chi connectivity index (χ0) is 21.1. The van der Waals surface area contributed by atoms with Crippen LogP contribution in [0.15, 0.2) is 21.7 Å². The van der Waals surface area contributed by atoms with Gasteiger partial charge in [-0.05, 0) is 18.6 Å². The van der Waals surface area contributed by atoms with Gasteiger partial charge >= 0.3 is 5.69 Å². The van der Waals surface area contributed by atoms with Gasteiger partial charge < -0.3 is 18.8 Å². The quantitative estimate of drug-likeness (QED) is 0.597. The highest BCUT2D eigenvalue weighted by atomic mass is 35.5. The minimum Gasteiger partial charge on any atom is -0.493 e. The van der Waals surface area contributed by atoms with E-state index >= 15 is 0 Å². The molecule has 0 unspecified atom stereocenters. The van der Waals surface area contributed by atoms with Gasteiger partial charge in [0, 0.05) is 25.8 Å². The van der Waals surface area contributed by atoms with Crippen molar-refractivity contribution in [1.82, 2.24) is 19.1 Å². The second kappa shape index (κ2) is 8.71. The van der Waals surface area contributed by atoms with Gasteiger partial charge in [-0.2, -0.15) is 0 Å². The van der Waals surface area contributed by atoms with Crippen LogP contribution < -0.4 is 20.7 Å². The molecule has 0 saturated carbocycles. The minimum absolute atomic E-state index is 0.302. The summed E-state index contributed by atoms with van der Waals surface area (Å²) in [6.07, 6.45) is 0.712. The summed E-state index contributed by atoms with van der Waals surface area (Å²) in [7, 11) is 4.58. The van der Waals surface area contributed by atoms with Crippen LogP contribution >= 0.6 is 11.6 Å². The van der Waals surface area contributed by atoms with E-state index in [0.717, 1.165) is 0 Å². The fourth-order valence-electron chi connectivity index (χ4n) is 3.27. The SMILES string of the molecule is CCCn1c(=O)[nH]c(=O)c2c1nc(-c1cc(Cl)c(OC)c(OC)c1)n2CCOC. The number of hydrogen-bond acceptors (Lipinski definition) is 6. The average molecular weight is 423 g/mol. The Morgan fingerprint density at radius 3 is 2.48 bits per heavy atom. The molecule has 0 bridgehead atoms. The number of fused-ring (bicyclic) bond motifs is 1. The number of aromatic nitrogens is 4. The zero-order valence-electron chi connectivity index (χ0n) is 16.7. The van der Waals surface area contributed by atoms with Gasteiger partial charge in [0.2, 0.25) is 0 Å². The van der Waals surface area contributed by atoms with Crippen molar-refractivity contribution >= 4 is 22.8 Å². The van der Waals surface area contributed by atoms with Gasteiger partial charge in [0.25, 0.3) is 5.56 Å². The Bertz CT molecular complexity index is 1150. The van der Waals surface area contributed by atoms with E-state index in [1.165, 1.54) is 18.8 Å². The third kappa shape index (κ3) is 3.75. The topological polar surface area (TPSA) is 100 Å². The molecule has 156 valence electrons. The van der Waals surface area contributed by atoms with Crippen molar-refractivity contribution in [3.8, 4) is 22.9 Å². The molecule has 0 aliphatic heterocycles. The van der Waals surface area contributed by atoms with E-state index in [9.17, 15) is 9.59 Å². The van der Waals surface area contributed by atoms with Gasteiger partial charge in [-0.25, -0.2) is 9.78 Å². The molecule has 0 spiro atoms. The summed E-state index contributed by atoms with van der Waals surface area (Å²) in [5.74, 6) is 1.30. The Morgan fingerprint density at radius 1 is 1.10 bits per heavy atom. The lowest BCUT2D eigenvalue weighted by atomic mass is 10.2. The minimum atomic E-state index is -0.501. The maximum atomic E-state index is 12.6. The van der Waals surface area contributed by atoms with Crippen molar-refractivity contribution in [2.75, 3.05) is 27.9 Å². The molecule has 10 heteroatoms. The highest BCUT2D eigenvalue weighted by Gasteiger charge is 2.21. The summed E-state index contributed by atoms with van der Waals surface area (Å²) in [6.45, 7) is 3.09. The molecule has 0 aliphatic rings. The average Bonchev–Trinajstić information content (AvgIpc) is 3.08. The molecular weight excluding hydrogens is 400 g/mol. The van der Waals surface area contributed by atoms with E-state index in [4.69, 9.17) is 25.8 Å². The van der Waals surface area contributed by atoms with E-state index < -0.39 is 11.2 Å². The summed E-state index contributed by atoms with van der Waals surface area (Å²) < 4.78 is 19.1. The number of rotatable bonds is 8. The summed E-state index contributed by atoms with van der Waals surface area (Å²) in [6, 6.07) is 3.41. The van der Waals surface area contributed by atoms with Crippen LogP contribution in [0.5, 0.6) is 11.5 Å². The first-order valence-corrected chi connectivity index (χ1v) is 9.48. The molecule has 3 rings (SSSR count). The number of halogens is 1. The van der Waals surface area contributed by atoms with Gasteiger partial charge in [0.05, 0.1) is 25.8 Å². The van der Waals surface area contributed by atoms with Gasteiger partial charge in [-0.15, -0.1) is 0 Å². The van der Waals surface area contributed by atoms with Crippen molar-refractivity contribution in [3.63, 3.8) is 0 Å². The Hall–Kier alpha value is -2.78. The van der Waals surface area contributed by atoms with Crippen molar-refractivity contribution in [2.24, 2.45) is 0 Å². The van der Waals surface area contributed by atoms with Crippen LogP contribution in [0, 0.1) is 0 Å². The molecular formula is C19H23ClN4O5. The molecule has 0 amide bonds. The van der Waals surface area contributed by atoms with Crippen LogP contribution in [0.25, 0.3) is 22.6 Å². The number of nitrogens with zero attached hydrogens (tertiary/aromatic N) is 3. The molecule has 29 heavy (non-hydrogen) atoms. The molecule has 2 heterocycles. The lowest BCUT2D eigenvalue weighted by Gasteiger charge is -2.13. The number of aryl methyl sites for hydroxylation is 1. The second-order valence-corrected chi connectivity index (χ2v) is 6.76. The maximum absolute atomic E-state index is 12.6. The fraction of sp³-hybridized carbons (Fsp3) is 0.421. The number of nitrogens with one attached hydrogen (secondary N) is 1. The van der Waals surface area contributed by atoms with Gasteiger partial charge in [-0.1, -0.05) is 18.5 Å². The largest absolute Gasteiger partial charge is 0.493 e. The lowest BCUT2D eigenvalue weighted by molar-refractivity contribution is 0.188. The Balaban J connectivity index is 2.37. The lowest BCUT2D eigenvalue weighted by Crippen LogP contribution is -2.31. The summed E-state index contributed by atoms with van der Waals surface area (Å²) in [4.78, 5) is 32.0. The van der Waals surface area contributed by atoms with Crippen LogP contribution in [0.2, 0.25) is 5.02 Å². The molecule has 0 fully saturated rings. The Kier molecular flexibility index (Phi) is 6.29. The number of hydrogen-bond donors (Lipinski definition) is 1. The van der Waals surface area contributed by atoms with Crippen LogP contribution in [-0.4, -0.2) is 47.0 Å². The number of methoxy groups -OCH3 is 3. The molecule has 2 aromatic heterocycles. The zero-order valence-corrected chi connectivity index (χ0v) is 17.5. The highest BCUT2D eigenvalue weighted by molar-refractivity contribution is 6.32. The third-order valence-electron chi connectivity index (χ3n) is 4.54. The first-order chi connectivity index (χ1) is 14.0. The van der Waals surface area contributed by atoms with Crippen molar-refractivity contribution in [1.29, 1.82) is 0 Å². The number of imidazole rings is 1. The molecule has 3 aromatic rings. The molecule has 0 atom stereocenters. The predicted molar refractivity (Wildman–Crippen MR) is 110 cm³/mol. The van der Waals surface area contributed by atoms with E-state index in [1.54, 1.807) is 23.8 Å². The monoisotopic (exact) mass is 422 g/mol. The van der Waals surface area contributed by atoms with Crippen molar-refractivity contribution in [3.05, 3.63) is 38.0 Å². The molecule has 0 radical (unpaired) electrons. The molecule has 1 aromatic carbocycles. The third-order valence-corrected chi connectivity index (χ3v) is 4.82. The molecule has 0 saturated heterocycles. The smallest absolute Gasteiger partial charge is 0.330 e. The van der Waals surface area contributed by atoms with E-state index in [1.807, 2.05) is 6.92 Å². The van der Waals surface area contributed by atoms with Crippen molar-refractivity contribution in [2.45, 2.75) is 26.4 Å². The van der Waals surface area contributed by atoms with Gasteiger partial charge in [0.15, 0.2) is 22.7 Å². The number of benzene rings is 1. The van der Waals surface area contributed by atoms with E-state index in [-0.39, 0.29) is 0 Å². The first kappa shape index (κ1) is 20.9. The second-order valence-electron chi connectivity index (χ2n) is 6.36. The van der Waals surface area contributed by atoms with Crippen LogP contribution in [0.3, 0.4) is 0 Å². The maximum Gasteiger partial charge on any atom is 0.330 e. The van der Waals surface area contributed by atoms with Crippen LogP contribution in [0.4, 0.5) is 0 Å². The highest BCUT2D eigenvalue weighted by Crippen LogP contribution is 2.39. The van der Waals surface area contributed by atoms with Gasteiger partial charge in [0.1, 0.15) is 5.82 Å². The normalized spacial score (nSPS) is 11.2. The molecule has 1 N–H and O–H groups in total. The fourth-order valence-corrected chi connectivity index (χ4v) is 3.56. The van der Waals surface area contributed by atoms with Crippen LogP contribution in [0.1, 0.15) is 13.3 Å². The Labute approximate surface area is 171 Å². The first-order valence-electron chi connectivity index (χ1n) is 9.10. The summed E-state index contributed by atoms with van der Waals surface area (Å²) in [5.41, 5.74) is 0.250. The predicted octanol–water partition coefficient (Wildman–Crippen LogP) is 2.28. The van der Waals surface area contributed by atoms with Crippen molar-refractivity contribution < 1.29 is 14.2 Å². The molecule has 0 aliphatic carbocycles. The standard InChI is InChI=1S/C19H23ClN4O5/c1-5-6-24-17-14(18(25)22-19(24)26)23(7-8-27-2)16(21-17)11-9-12(20)15(29-4)13(10-11)28-3/h9-10H,5-8H2,1-4H3,(H,22,25,26). The number of ether oxygens (including phenoxy) is 3. The van der Waals surface area contributed by atoms with E-state index in [2.05, 4.69) is 9.97 Å². The van der Waals surface area contributed by atoms with E-state index in [0.29, 0.717) is 65.2 Å². The summed E-state index contributed by atoms with van der Waals surface area (Å²) in [5, 5.41) is 0.340.